The number of methoxy groups -OCH3 is 2. The van der Waals surface area contributed by atoms with Crippen molar-refractivity contribution >= 4 is 11.0 Å². The van der Waals surface area contributed by atoms with Gasteiger partial charge in [-0.3, -0.25) is 14.5 Å². The first kappa shape index (κ1) is 23.4. The molecule has 37 heavy (non-hydrogen) atoms. The Morgan fingerprint density at radius 1 is 1.00 bits per heavy atom. The Labute approximate surface area is 213 Å². The van der Waals surface area contributed by atoms with E-state index in [9.17, 15) is 14.7 Å². The summed E-state index contributed by atoms with van der Waals surface area (Å²) in [5, 5.41) is 11.2. The number of phenolic OH excluding ortho intramolecular Hbond substituents is 1. The molecule has 0 aliphatic carbocycles. The lowest BCUT2D eigenvalue weighted by molar-refractivity contribution is 0.113. The standard InChI is InChI=1S/C29H28N2O6/c1-35-25-9-6-18(11-26(25)36-2)22-16-37-29-20(28(22)34)7-8-24(32)21(29)15-30-12-17-10-19(14-30)23-4-3-5-27(33)31(23)13-17/h3-9,11,16-17,19,32H,10,12-15H2,1-2H3. The SMILES string of the molecule is COc1ccc(-c2coc3c(CN4CC5CC(C4)c4cccc(=O)n4C5)c(O)ccc3c2=O)cc1OC. The van der Waals surface area contributed by atoms with Gasteiger partial charge in [0.05, 0.1) is 30.7 Å². The van der Waals surface area contributed by atoms with Gasteiger partial charge in [0.25, 0.3) is 5.56 Å². The minimum atomic E-state index is -0.182. The van der Waals surface area contributed by atoms with E-state index in [1.54, 1.807) is 50.6 Å². The number of nitrogens with zero attached hydrogens (tertiary/aromatic N) is 2. The number of piperidine rings is 1. The second kappa shape index (κ2) is 9.12. The normalized spacial score (nSPS) is 19.0. The van der Waals surface area contributed by atoms with Gasteiger partial charge in [0.2, 0.25) is 5.43 Å². The quantitative estimate of drug-likeness (QED) is 0.443. The molecule has 1 N–H and O–H groups in total. The van der Waals surface area contributed by atoms with E-state index in [-0.39, 0.29) is 22.7 Å². The molecule has 0 saturated carbocycles. The third-order valence-electron chi connectivity index (χ3n) is 7.65. The van der Waals surface area contributed by atoms with Crippen molar-refractivity contribution in [2.45, 2.75) is 25.4 Å². The fourth-order valence-corrected chi connectivity index (χ4v) is 5.95. The zero-order valence-corrected chi connectivity index (χ0v) is 20.8. The number of rotatable bonds is 5. The molecule has 1 fully saturated rings. The maximum atomic E-state index is 13.5. The van der Waals surface area contributed by atoms with Crippen LogP contribution in [0.2, 0.25) is 0 Å². The van der Waals surface area contributed by atoms with Crippen molar-refractivity contribution in [2.75, 3.05) is 27.3 Å². The molecule has 190 valence electrons. The number of pyridine rings is 1. The number of likely N-dealkylation sites (tertiary alicyclic amines) is 1. The van der Waals surface area contributed by atoms with Crippen LogP contribution in [0.25, 0.3) is 22.1 Å². The van der Waals surface area contributed by atoms with Crippen LogP contribution in [-0.4, -0.2) is 41.9 Å². The fraction of sp³-hybridized carbons (Fsp3) is 0.310. The summed E-state index contributed by atoms with van der Waals surface area (Å²) < 4.78 is 18.6. The summed E-state index contributed by atoms with van der Waals surface area (Å²) in [7, 11) is 3.11. The Morgan fingerprint density at radius 3 is 2.65 bits per heavy atom. The van der Waals surface area contributed by atoms with Gasteiger partial charge in [-0.15, -0.1) is 0 Å². The molecule has 2 aliphatic heterocycles. The Kier molecular flexibility index (Phi) is 5.76. The van der Waals surface area contributed by atoms with Crippen molar-refractivity contribution in [3.63, 3.8) is 0 Å². The molecule has 2 aromatic carbocycles. The van der Waals surface area contributed by atoms with Gasteiger partial charge in [0, 0.05) is 43.9 Å². The van der Waals surface area contributed by atoms with Crippen LogP contribution in [-0.2, 0) is 13.1 Å². The largest absolute Gasteiger partial charge is 0.507 e. The summed E-state index contributed by atoms with van der Waals surface area (Å²) in [6.45, 7) is 2.73. The molecule has 2 atom stereocenters. The second-order valence-corrected chi connectivity index (χ2v) is 9.88. The Hall–Kier alpha value is -4.04. The van der Waals surface area contributed by atoms with E-state index < -0.39 is 0 Å². The number of hydrogen-bond donors (Lipinski definition) is 1. The van der Waals surface area contributed by atoms with Gasteiger partial charge in [-0.05, 0) is 48.2 Å². The molecular formula is C29H28N2O6. The number of aromatic nitrogens is 1. The van der Waals surface area contributed by atoms with Crippen LogP contribution < -0.4 is 20.5 Å². The van der Waals surface area contributed by atoms with E-state index in [0.29, 0.717) is 58.2 Å². The lowest BCUT2D eigenvalue weighted by Gasteiger charge is -2.42. The average Bonchev–Trinajstić information content (AvgIpc) is 2.91. The molecule has 8 heteroatoms. The number of phenols is 1. The summed E-state index contributed by atoms with van der Waals surface area (Å²) >= 11 is 0. The summed E-state index contributed by atoms with van der Waals surface area (Å²) in [4.78, 5) is 28.1. The van der Waals surface area contributed by atoms with E-state index in [2.05, 4.69) is 4.90 Å². The van der Waals surface area contributed by atoms with Crippen molar-refractivity contribution < 1.29 is 19.0 Å². The summed E-state index contributed by atoms with van der Waals surface area (Å²) in [6, 6.07) is 13.9. The highest BCUT2D eigenvalue weighted by atomic mass is 16.5. The maximum absolute atomic E-state index is 13.5. The van der Waals surface area contributed by atoms with E-state index in [0.717, 1.165) is 25.2 Å². The first-order valence-electron chi connectivity index (χ1n) is 12.4. The summed E-state index contributed by atoms with van der Waals surface area (Å²) in [5.41, 5.74) is 2.99. The molecule has 0 radical (unpaired) electrons. The second-order valence-electron chi connectivity index (χ2n) is 9.88. The molecular weight excluding hydrogens is 472 g/mol. The summed E-state index contributed by atoms with van der Waals surface area (Å²) in [6.07, 6.45) is 2.49. The van der Waals surface area contributed by atoms with Gasteiger partial charge < -0.3 is 23.6 Å². The van der Waals surface area contributed by atoms with Gasteiger partial charge in [-0.25, -0.2) is 0 Å². The maximum Gasteiger partial charge on any atom is 0.250 e. The zero-order valence-electron chi connectivity index (χ0n) is 20.8. The van der Waals surface area contributed by atoms with Crippen LogP contribution in [0.4, 0.5) is 0 Å². The molecule has 4 aromatic rings. The number of aromatic hydroxyl groups is 1. The predicted molar refractivity (Wildman–Crippen MR) is 140 cm³/mol. The summed E-state index contributed by atoms with van der Waals surface area (Å²) in [5.74, 6) is 1.80. The highest BCUT2D eigenvalue weighted by molar-refractivity contribution is 5.86. The van der Waals surface area contributed by atoms with Gasteiger partial charge in [0.15, 0.2) is 11.5 Å². The molecule has 0 amide bonds. The number of hydrogen-bond acceptors (Lipinski definition) is 7. The highest BCUT2D eigenvalue weighted by Gasteiger charge is 2.35. The first-order chi connectivity index (χ1) is 18.0. The number of ether oxygens (including phenoxy) is 2. The van der Waals surface area contributed by atoms with Gasteiger partial charge in [0.1, 0.15) is 17.6 Å². The Balaban J connectivity index is 1.34. The Morgan fingerprint density at radius 2 is 1.84 bits per heavy atom. The zero-order chi connectivity index (χ0) is 25.7. The van der Waals surface area contributed by atoms with Crippen molar-refractivity contribution in [1.82, 2.24) is 9.47 Å². The molecule has 2 unspecified atom stereocenters. The Bertz CT molecular complexity index is 1620. The minimum Gasteiger partial charge on any atom is -0.507 e. The van der Waals surface area contributed by atoms with E-state index in [4.69, 9.17) is 13.9 Å². The molecule has 0 spiro atoms. The lowest BCUT2D eigenvalue weighted by atomic mass is 9.83. The molecule has 1 saturated heterocycles. The number of fused-ring (bicyclic) bond motifs is 5. The van der Waals surface area contributed by atoms with Crippen LogP contribution in [0.3, 0.4) is 0 Å². The van der Waals surface area contributed by atoms with E-state index in [1.807, 2.05) is 16.7 Å². The van der Waals surface area contributed by atoms with Crippen molar-refractivity contribution in [2.24, 2.45) is 5.92 Å². The molecule has 4 heterocycles. The first-order valence-corrected chi connectivity index (χ1v) is 12.4. The number of benzene rings is 2. The smallest absolute Gasteiger partial charge is 0.250 e. The molecule has 2 aliphatic rings. The van der Waals surface area contributed by atoms with Crippen LogP contribution in [0.15, 0.2) is 68.8 Å². The molecule has 8 nitrogen and oxygen atoms in total. The van der Waals surface area contributed by atoms with E-state index >= 15 is 0 Å². The minimum absolute atomic E-state index is 0.0550. The topological polar surface area (TPSA) is 94.1 Å². The molecule has 6 rings (SSSR count). The van der Waals surface area contributed by atoms with Crippen LogP contribution >= 0.6 is 0 Å². The van der Waals surface area contributed by atoms with Crippen molar-refractivity contribution in [1.29, 1.82) is 0 Å². The monoisotopic (exact) mass is 500 g/mol. The van der Waals surface area contributed by atoms with Crippen LogP contribution in [0.1, 0.15) is 23.6 Å². The predicted octanol–water partition coefficient (Wildman–Crippen LogP) is 3.96. The van der Waals surface area contributed by atoms with Crippen molar-refractivity contribution in [3.8, 4) is 28.4 Å². The van der Waals surface area contributed by atoms with Crippen LogP contribution in [0, 0.1) is 5.92 Å². The van der Waals surface area contributed by atoms with E-state index in [1.165, 1.54) is 6.26 Å². The third kappa shape index (κ3) is 3.97. The molecule has 2 bridgehead atoms. The average molecular weight is 501 g/mol. The third-order valence-corrected chi connectivity index (χ3v) is 7.65. The highest BCUT2D eigenvalue weighted by Crippen LogP contribution is 2.37. The van der Waals surface area contributed by atoms with Gasteiger partial charge in [-0.1, -0.05) is 12.1 Å². The van der Waals surface area contributed by atoms with Gasteiger partial charge in [-0.2, -0.15) is 0 Å². The lowest BCUT2D eigenvalue weighted by Crippen LogP contribution is -2.46. The fourth-order valence-electron chi connectivity index (χ4n) is 5.95. The van der Waals surface area contributed by atoms with Gasteiger partial charge >= 0.3 is 0 Å². The molecule has 2 aromatic heterocycles. The van der Waals surface area contributed by atoms with Crippen LogP contribution in [0.5, 0.6) is 17.2 Å². The van der Waals surface area contributed by atoms with Crippen molar-refractivity contribution in [3.05, 3.63) is 86.6 Å².